The molecule has 2 unspecified atom stereocenters. The lowest BCUT2D eigenvalue weighted by Gasteiger charge is -2.03. The molecule has 1 N–H and O–H groups in total. The van der Waals surface area contributed by atoms with Crippen LogP contribution in [0.25, 0.3) is 6.08 Å². The van der Waals surface area contributed by atoms with Crippen molar-refractivity contribution in [2.24, 2.45) is 17.3 Å². The van der Waals surface area contributed by atoms with Crippen LogP contribution in [0.15, 0.2) is 35.9 Å². The zero-order valence-electron chi connectivity index (χ0n) is 10.5. The van der Waals surface area contributed by atoms with E-state index in [-0.39, 0.29) is 17.3 Å². The van der Waals surface area contributed by atoms with Crippen LogP contribution in [0, 0.1) is 17.3 Å². The zero-order valence-corrected chi connectivity index (χ0v) is 10.5. The summed E-state index contributed by atoms with van der Waals surface area (Å²) < 4.78 is 0. The molecule has 0 heterocycles. The Balaban J connectivity index is 2.20. The van der Waals surface area contributed by atoms with Crippen LogP contribution < -0.4 is 0 Å². The van der Waals surface area contributed by atoms with Crippen LogP contribution in [0.4, 0.5) is 0 Å². The second-order valence-corrected chi connectivity index (χ2v) is 5.41. The molecule has 0 saturated heterocycles. The Morgan fingerprint density at radius 1 is 1.24 bits per heavy atom. The van der Waals surface area contributed by atoms with Gasteiger partial charge in [-0.15, -0.1) is 0 Å². The van der Waals surface area contributed by atoms with Crippen molar-refractivity contribution in [2.45, 2.75) is 20.8 Å². The number of hydrogen-bond donors (Lipinski definition) is 1. The molecule has 1 aliphatic carbocycles. The third-order valence-electron chi connectivity index (χ3n) is 3.78. The fraction of sp³-hybridized carbons (Fsp3) is 0.400. The first kappa shape index (κ1) is 11.9. The average Bonchev–Trinajstić information content (AvgIpc) is 2.83. The summed E-state index contributed by atoms with van der Waals surface area (Å²) in [6.45, 7) is 6.08. The smallest absolute Gasteiger partial charge is 0.307 e. The molecule has 2 heteroatoms. The highest BCUT2D eigenvalue weighted by molar-refractivity contribution is 5.77. The second-order valence-electron chi connectivity index (χ2n) is 5.41. The van der Waals surface area contributed by atoms with Gasteiger partial charge in [0, 0.05) is 0 Å². The second kappa shape index (κ2) is 4.02. The summed E-state index contributed by atoms with van der Waals surface area (Å²) in [4.78, 5) is 11.1. The standard InChI is InChI=1S/C15H18O2/c1-10(9-11-7-5-4-6-8-11)12-13(14(16)17)15(12,2)3/h4-9,12-13H,1-3H3,(H,16,17)/b10-9-. The van der Waals surface area contributed by atoms with Gasteiger partial charge in [-0.05, 0) is 23.8 Å². The molecule has 0 spiro atoms. The SMILES string of the molecule is C/C(=C/c1ccccc1)C1C(C(=O)O)C1(C)C. The first-order chi connectivity index (χ1) is 7.94. The number of carboxylic acid groups (broad SMARTS) is 1. The van der Waals surface area contributed by atoms with Crippen molar-refractivity contribution < 1.29 is 9.90 Å². The molecule has 2 nitrogen and oxygen atoms in total. The monoisotopic (exact) mass is 230 g/mol. The Bertz CT molecular complexity index is 457. The number of aliphatic carboxylic acids is 1. The number of rotatable bonds is 3. The van der Waals surface area contributed by atoms with Crippen LogP contribution in [0.3, 0.4) is 0 Å². The number of carbonyl (C=O) groups is 1. The van der Waals surface area contributed by atoms with Crippen molar-refractivity contribution in [1.82, 2.24) is 0 Å². The maximum atomic E-state index is 11.1. The van der Waals surface area contributed by atoms with Crippen LogP contribution in [-0.2, 0) is 4.79 Å². The summed E-state index contributed by atoms with van der Waals surface area (Å²) in [7, 11) is 0. The van der Waals surface area contributed by atoms with E-state index in [1.54, 1.807) is 0 Å². The highest BCUT2D eigenvalue weighted by atomic mass is 16.4. The van der Waals surface area contributed by atoms with Crippen molar-refractivity contribution in [3.05, 3.63) is 41.5 Å². The molecule has 0 bridgehead atoms. The summed E-state index contributed by atoms with van der Waals surface area (Å²) in [5, 5.41) is 9.15. The molecule has 90 valence electrons. The third-order valence-corrected chi connectivity index (χ3v) is 3.78. The van der Waals surface area contributed by atoms with Gasteiger partial charge in [0.05, 0.1) is 5.92 Å². The van der Waals surface area contributed by atoms with Gasteiger partial charge in [-0.1, -0.05) is 55.8 Å². The van der Waals surface area contributed by atoms with Crippen LogP contribution >= 0.6 is 0 Å². The third kappa shape index (κ3) is 2.12. The van der Waals surface area contributed by atoms with Crippen molar-refractivity contribution >= 4 is 12.0 Å². The predicted molar refractivity (Wildman–Crippen MR) is 68.5 cm³/mol. The van der Waals surface area contributed by atoms with E-state index in [1.165, 1.54) is 0 Å². The largest absolute Gasteiger partial charge is 0.481 e. The first-order valence-electron chi connectivity index (χ1n) is 5.90. The van der Waals surface area contributed by atoms with E-state index in [4.69, 9.17) is 5.11 Å². The molecule has 1 saturated carbocycles. The highest BCUT2D eigenvalue weighted by Crippen LogP contribution is 2.61. The minimum Gasteiger partial charge on any atom is -0.481 e. The molecule has 0 aromatic heterocycles. The Labute approximate surface area is 102 Å². The van der Waals surface area contributed by atoms with Crippen LogP contribution in [0.5, 0.6) is 0 Å². The van der Waals surface area contributed by atoms with Crippen molar-refractivity contribution in [2.75, 3.05) is 0 Å². The van der Waals surface area contributed by atoms with Crippen LogP contribution in [0.1, 0.15) is 26.3 Å². The Morgan fingerprint density at radius 2 is 1.82 bits per heavy atom. The fourth-order valence-corrected chi connectivity index (χ4v) is 2.85. The summed E-state index contributed by atoms with van der Waals surface area (Å²) in [6.07, 6.45) is 2.09. The molecule has 1 aromatic carbocycles. The number of carboxylic acids is 1. The summed E-state index contributed by atoms with van der Waals surface area (Å²) in [5.74, 6) is -0.747. The van der Waals surface area contributed by atoms with Gasteiger partial charge in [0.1, 0.15) is 0 Å². The summed E-state index contributed by atoms with van der Waals surface area (Å²) in [5.41, 5.74) is 2.19. The Morgan fingerprint density at radius 3 is 2.29 bits per heavy atom. The van der Waals surface area contributed by atoms with E-state index in [9.17, 15) is 4.79 Å². The average molecular weight is 230 g/mol. The van der Waals surface area contributed by atoms with Crippen molar-refractivity contribution in [1.29, 1.82) is 0 Å². The number of allylic oxidation sites excluding steroid dienone is 1. The van der Waals surface area contributed by atoms with E-state index in [1.807, 2.05) is 51.1 Å². The Hall–Kier alpha value is -1.57. The topological polar surface area (TPSA) is 37.3 Å². The van der Waals surface area contributed by atoms with Crippen molar-refractivity contribution in [3.63, 3.8) is 0 Å². The molecule has 1 fully saturated rings. The summed E-state index contributed by atoms with van der Waals surface area (Å²) >= 11 is 0. The summed E-state index contributed by atoms with van der Waals surface area (Å²) in [6, 6.07) is 10.0. The lowest BCUT2D eigenvalue weighted by atomic mass is 10.0. The Kier molecular flexibility index (Phi) is 2.82. The quantitative estimate of drug-likeness (QED) is 0.863. The van der Waals surface area contributed by atoms with Gasteiger partial charge in [0.15, 0.2) is 0 Å². The van der Waals surface area contributed by atoms with Gasteiger partial charge in [0.25, 0.3) is 0 Å². The molecular formula is C15H18O2. The lowest BCUT2D eigenvalue weighted by Crippen LogP contribution is -2.03. The molecule has 2 atom stereocenters. The molecule has 1 aliphatic rings. The first-order valence-corrected chi connectivity index (χ1v) is 5.90. The maximum absolute atomic E-state index is 11.1. The molecule has 1 aromatic rings. The van der Waals surface area contributed by atoms with Gasteiger partial charge in [-0.25, -0.2) is 0 Å². The minimum absolute atomic E-state index is 0.110. The van der Waals surface area contributed by atoms with E-state index >= 15 is 0 Å². The van der Waals surface area contributed by atoms with Gasteiger partial charge in [-0.3, -0.25) is 4.79 Å². The lowest BCUT2D eigenvalue weighted by molar-refractivity contribution is -0.139. The zero-order chi connectivity index (χ0) is 12.6. The van der Waals surface area contributed by atoms with Crippen LogP contribution in [-0.4, -0.2) is 11.1 Å². The molecule has 0 radical (unpaired) electrons. The van der Waals surface area contributed by atoms with E-state index in [0.717, 1.165) is 11.1 Å². The van der Waals surface area contributed by atoms with E-state index in [0.29, 0.717) is 0 Å². The predicted octanol–water partition coefficient (Wildman–Crippen LogP) is 3.45. The van der Waals surface area contributed by atoms with Gasteiger partial charge < -0.3 is 5.11 Å². The van der Waals surface area contributed by atoms with E-state index < -0.39 is 5.97 Å². The number of hydrogen-bond acceptors (Lipinski definition) is 1. The molecule has 17 heavy (non-hydrogen) atoms. The fourth-order valence-electron chi connectivity index (χ4n) is 2.85. The van der Waals surface area contributed by atoms with Gasteiger partial charge in [0.2, 0.25) is 0 Å². The minimum atomic E-state index is -0.680. The normalized spacial score (nSPS) is 26.6. The highest BCUT2D eigenvalue weighted by Gasteiger charge is 2.62. The maximum Gasteiger partial charge on any atom is 0.307 e. The molecule has 0 aliphatic heterocycles. The van der Waals surface area contributed by atoms with Gasteiger partial charge in [-0.2, -0.15) is 0 Å². The van der Waals surface area contributed by atoms with Crippen LogP contribution in [0.2, 0.25) is 0 Å². The molecule has 0 amide bonds. The number of benzene rings is 1. The molecule has 2 rings (SSSR count). The van der Waals surface area contributed by atoms with Gasteiger partial charge >= 0.3 is 5.97 Å². The van der Waals surface area contributed by atoms with E-state index in [2.05, 4.69) is 6.08 Å². The van der Waals surface area contributed by atoms with Crippen molar-refractivity contribution in [3.8, 4) is 0 Å². The molecular weight excluding hydrogens is 212 g/mol.